The van der Waals surface area contributed by atoms with Gasteiger partial charge in [-0.25, -0.2) is 0 Å². The normalized spacial score (nSPS) is 15.5. The third-order valence-electron chi connectivity index (χ3n) is 5.23. The lowest BCUT2D eigenvalue weighted by atomic mass is 10.1. The van der Waals surface area contributed by atoms with E-state index in [0.29, 0.717) is 13.2 Å². The van der Waals surface area contributed by atoms with Crippen molar-refractivity contribution in [2.45, 2.75) is 66.0 Å². The summed E-state index contributed by atoms with van der Waals surface area (Å²) in [6, 6.07) is 17.6. The third kappa shape index (κ3) is 7.03. The fourth-order valence-corrected chi connectivity index (χ4v) is 3.43. The summed E-state index contributed by atoms with van der Waals surface area (Å²) in [6.07, 6.45) is 0. The van der Waals surface area contributed by atoms with Crippen molar-refractivity contribution in [3.8, 4) is 0 Å². The van der Waals surface area contributed by atoms with Gasteiger partial charge in [-0.15, -0.1) is 0 Å². The standard InChI is InChI=1S/C26H38N2O2/c1-25(2,3)29-19-21-7-11-23(12-8-21)27-15-17-28(18-16-27)24-13-9-22(10-14-24)20-30-26(4,5)6/h7-14H,15-20H2,1-6H3. The van der Waals surface area contributed by atoms with Crippen LogP contribution in [0.4, 0.5) is 11.4 Å². The maximum Gasteiger partial charge on any atom is 0.0724 e. The Hall–Kier alpha value is -2.04. The molecule has 3 rings (SSSR count). The van der Waals surface area contributed by atoms with Gasteiger partial charge in [0.05, 0.1) is 24.4 Å². The van der Waals surface area contributed by atoms with Gasteiger partial charge in [-0.2, -0.15) is 0 Å². The highest BCUT2D eigenvalue weighted by molar-refractivity contribution is 5.52. The van der Waals surface area contributed by atoms with Crippen molar-refractivity contribution < 1.29 is 9.47 Å². The van der Waals surface area contributed by atoms with Crippen LogP contribution in [-0.2, 0) is 22.7 Å². The lowest BCUT2D eigenvalue weighted by Crippen LogP contribution is -2.46. The number of hydrogen-bond donors (Lipinski definition) is 0. The monoisotopic (exact) mass is 410 g/mol. The quantitative estimate of drug-likeness (QED) is 0.615. The maximum atomic E-state index is 5.88. The van der Waals surface area contributed by atoms with Gasteiger partial charge >= 0.3 is 0 Å². The molecule has 4 nitrogen and oxygen atoms in total. The zero-order valence-corrected chi connectivity index (χ0v) is 19.6. The highest BCUT2D eigenvalue weighted by Gasteiger charge is 2.18. The van der Waals surface area contributed by atoms with Gasteiger partial charge in [0.15, 0.2) is 0 Å². The summed E-state index contributed by atoms with van der Waals surface area (Å²) in [5.41, 5.74) is 4.83. The van der Waals surface area contributed by atoms with E-state index in [9.17, 15) is 0 Å². The minimum absolute atomic E-state index is 0.104. The summed E-state index contributed by atoms with van der Waals surface area (Å²) in [7, 11) is 0. The first kappa shape index (κ1) is 22.6. The molecule has 4 heteroatoms. The summed E-state index contributed by atoms with van der Waals surface area (Å²) >= 11 is 0. The predicted octanol–water partition coefficient (Wildman–Crippen LogP) is 5.64. The van der Waals surface area contributed by atoms with Crippen LogP contribution in [0.5, 0.6) is 0 Å². The van der Waals surface area contributed by atoms with Crippen LogP contribution in [0.15, 0.2) is 48.5 Å². The van der Waals surface area contributed by atoms with E-state index in [2.05, 4.69) is 99.9 Å². The van der Waals surface area contributed by atoms with Gasteiger partial charge in [-0.1, -0.05) is 24.3 Å². The van der Waals surface area contributed by atoms with E-state index in [0.717, 1.165) is 26.2 Å². The molecule has 0 bridgehead atoms. The fraction of sp³-hybridized carbons (Fsp3) is 0.538. The van der Waals surface area contributed by atoms with Gasteiger partial charge in [0, 0.05) is 37.6 Å². The summed E-state index contributed by atoms with van der Waals surface area (Å²) in [4.78, 5) is 4.94. The first-order valence-electron chi connectivity index (χ1n) is 11.0. The molecule has 1 aliphatic heterocycles. The average molecular weight is 411 g/mol. The van der Waals surface area contributed by atoms with Gasteiger partial charge in [0.25, 0.3) is 0 Å². The molecule has 0 saturated carbocycles. The molecule has 2 aromatic carbocycles. The van der Waals surface area contributed by atoms with Gasteiger partial charge in [0.1, 0.15) is 0 Å². The van der Waals surface area contributed by atoms with Crippen LogP contribution in [0.3, 0.4) is 0 Å². The largest absolute Gasteiger partial charge is 0.371 e. The Morgan fingerprint density at radius 3 is 1.13 bits per heavy atom. The van der Waals surface area contributed by atoms with Crippen molar-refractivity contribution in [2.24, 2.45) is 0 Å². The molecule has 0 atom stereocenters. The van der Waals surface area contributed by atoms with E-state index in [1.54, 1.807) is 0 Å². The Morgan fingerprint density at radius 1 is 0.567 bits per heavy atom. The Kier molecular flexibility index (Phi) is 7.10. The molecule has 0 aliphatic carbocycles. The fourth-order valence-electron chi connectivity index (χ4n) is 3.43. The molecule has 2 aromatic rings. The van der Waals surface area contributed by atoms with Gasteiger partial charge in [-0.3, -0.25) is 0 Å². The average Bonchev–Trinajstić information content (AvgIpc) is 2.71. The van der Waals surface area contributed by atoms with Crippen LogP contribution in [-0.4, -0.2) is 37.4 Å². The molecule has 1 saturated heterocycles. The second-order valence-corrected chi connectivity index (χ2v) is 10.1. The molecule has 0 radical (unpaired) electrons. The molecule has 0 aromatic heterocycles. The van der Waals surface area contributed by atoms with Crippen LogP contribution in [0.25, 0.3) is 0 Å². The number of nitrogens with zero attached hydrogens (tertiary/aromatic N) is 2. The molecular weight excluding hydrogens is 372 g/mol. The number of hydrogen-bond acceptors (Lipinski definition) is 4. The molecule has 1 aliphatic rings. The minimum atomic E-state index is -0.104. The first-order valence-corrected chi connectivity index (χ1v) is 11.0. The molecule has 1 heterocycles. The van der Waals surface area contributed by atoms with Crippen molar-refractivity contribution in [1.29, 1.82) is 0 Å². The van der Waals surface area contributed by atoms with Crippen molar-refractivity contribution >= 4 is 11.4 Å². The molecule has 30 heavy (non-hydrogen) atoms. The van der Waals surface area contributed by atoms with E-state index >= 15 is 0 Å². The Balaban J connectivity index is 1.50. The number of piperazine rings is 1. The van der Waals surface area contributed by atoms with E-state index in [1.807, 2.05) is 0 Å². The predicted molar refractivity (Wildman–Crippen MR) is 126 cm³/mol. The molecule has 0 amide bonds. The molecule has 0 unspecified atom stereocenters. The second-order valence-electron chi connectivity index (χ2n) is 10.1. The number of anilines is 2. The zero-order chi connectivity index (χ0) is 21.8. The molecule has 0 spiro atoms. The van der Waals surface area contributed by atoms with Crippen LogP contribution >= 0.6 is 0 Å². The van der Waals surface area contributed by atoms with Gasteiger partial charge in [-0.05, 0) is 76.9 Å². The summed E-state index contributed by atoms with van der Waals surface area (Å²) in [5, 5.41) is 0. The van der Waals surface area contributed by atoms with Crippen LogP contribution in [0.2, 0.25) is 0 Å². The highest BCUT2D eigenvalue weighted by Crippen LogP contribution is 2.23. The van der Waals surface area contributed by atoms with Crippen LogP contribution in [0.1, 0.15) is 52.7 Å². The third-order valence-corrected chi connectivity index (χ3v) is 5.23. The van der Waals surface area contributed by atoms with Crippen LogP contribution < -0.4 is 9.80 Å². The Labute approximate surface area is 182 Å². The van der Waals surface area contributed by atoms with Crippen molar-refractivity contribution in [1.82, 2.24) is 0 Å². The SMILES string of the molecule is CC(C)(C)OCc1ccc(N2CCN(c3ccc(COC(C)(C)C)cc3)CC2)cc1. The van der Waals surface area contributed by atoms with Gasteiger partial charge in [0.2, 0.25) is 0 Å². The second kappa shape index (κ2) is 9.40. The molecular formula is C26H38N2O2. The lowest BCUT2D eigenvalue weighted by molar-refractivity contribution is -0.0152. The molecule has 1 fully saturated rings. The van der Waals surface area contributed by atoms with E-state index in [1.165, 1.54) is 22.5 Å². The maximum absolute atomic E-state index is 5.88. The van der Waals surface area contributed by atoms with E-state index in [4.69, 9.17) is 9.47 Å². The Morgan fingerprint density at radius 2 is 0.867 bits per heavy atom. The lowest BCUT2D eigenvalue weighted by Gasteiger charge is -2.37. The highest BCUT2D eigenvalue weighted by atomic mass is 16.5. The van der Waals surface area contributed by atoms with Crippen molar-refractivity contribution in [3.05, 3.63) is 59.7 Å². The minimum Gasteiger partial charge on any atom is -0.371 e. The molecule has 0 N–H and O–H groups in total. The van der Waals surface area contributed by atoms with E-state index in [-0.39, 0.29) is 11.2 Å². The topological polar surface area (TPSA) is 24.9 Å². The number of rotatable bonds is 6. The number of ether oxygens (including phenoxy) is 2. The zero-order valence-electron chi connectivity index (χ0n) is 19.6. The molecule has 164 valence electrons. The number of benzene rings is 2. The first-order chi connectivity index (χ1) is 14.1. The Bertz CT molecular complexity index is 708. The van der Waals surface area contributed by atoms with Crippen LogP contribution in [0, 0.1) is 0 Å². The smallest absolute Gasteiger partial charge is 0.0724 e. The van der Waals surface area contributed by atoms with Crippen molar-refractivity contribution in [3.63, 3.8) is 0 Å². The van der Waals surface area contributed by atoms with Gasteiger partial charge < -0.3 is 19.3 Å². The van der Waals surface area contributed by atoms with E-state index < -0.39 is 0 Å². The summed E-state index contributed by atoms with van der Waals surface area (Å²) in [5.74, 6) is 0. The summed E-state index contributed by atoms with van der Waals surface area (Å²) in [6.45, 7) is 18.0. The summed E-state index contributed by atoms with van der Waals surface area (Å²) < 4.78 is 11.8. The van der Waals surface area contributed by atoms with Crippen molar-refractivity contribution in [2.75, 3.05) is 36.0 Å².